The highest BCUT2D eigenvalue weighted by Crippen LogP contribution is 2.41. The third kappa shape index (κ3) is 3.84. The van der Waals surface area contributed by atoms with Crippen LogP contribution in [-0.4, -0.2) is 12.5 Å². The molecular weight excluding hydrogens is 382 g/mol. The Labute approximate surface area is 177 Å². The van der Waals surface area contributed by atoms with Gasteiger partial charge in [0.15, 0.2) is 0 Å². The van der Waals surface area contributed by atoms with Crippen LogP contribution >= 0.6 is 11.6 Å². The van der Waals surface area contributed by atoms with Gasteiger partial charge >= 0.3 is 0 Å². The Balaban J connectivity index is 1.72. The molecule has 29 heavy (non-hydrogen) atoms. The van der Waals surface area contributed by atoms with E-state index in [1.807, 2.05) is 67.6 Å². The van der Waals surface area contributed by atoms with Gasteiger partial charge in [0.1, 0.15) is 5.75 Å². The zero-order valence-corrected chi connectivity index (χ0v) is 17.5. The van der Waals surface area contributed by atoms with Crippen molar-refractivity contribution >= 4 is 34.0 Å². The van der Waals surface area contributed by atoms with Gasteiger partial charge < -0.3 is 10.1 Å². The quantitative estimate of drug-likeness (QED) is 0.509. The van der Waals surface area contributed by atoms with Crippen LogP contribution in [0.3, 0.4) is 0 Å². The molecule has 0 unspecified atom stereocenters. The Bertz CT molecular complexity index is 1010. The lowest BCUT2D eigenvalue weighted by atomic mass is 9.68. The number of ether oxygens (including phenoxy) is 1. The molecule has 0 bridgehead atoms. The summed E-state index contributed by atoms with van der Waals surface area (Å²) in [7, 11) is 0. The molecular formula is C25H26ClNO2. The van der Waals surface area contributed by atoms with Crippen molar-refractivity contribution in [1.29, 1.82) is 0 Å². The lowest BCUT2D eigenvalue weighted by Crippen LogP contribution is -2.42. The maximum Gasteiger partial charge on any atom is 0.235 e. The van der Waals surface area contributed by atoms with E-state index in [2.05, 4.69) is 5.32 Å². The summed E-state index contributed by atoms with van der Waals surface area (Å²) in [5.41, 5.74) is 1.37. The summed E-state index contributed by atoms with van der Waals surface area (Å²) in [4.78, 5) is 13.7. The number of halogens is 1. The highest BCUT2D eigenvalue weighted by Gasteiger charge is 2.41. The van der Waals surface area contributed by atoms with Crippen molar-refractivity contribution in [1.82, 2.24) is 0 Å². The third-order valence-corrected chi connectivity index (χ3v) is 6.22. The van der Waals surface area contributed by atoms with Crippen molar-refractivity contribution in [3.63, 3.8) is 0 Å². The van der Waals surface area contributed by atoms with Gasteiger partial charge in [-0.05, 0) is 49.6 Å². The molecule has 4 rings (SSSR count). The number of benzene rings is 3. The zero-order chi connectivity index (χ0) is 20.3. The largest absolute Gasteiger partial charge is 0.493 e. The number of anilines is 1. The van der Waals surface area contributed by atoms with E-state index in [-0.39, 0.29) is 5.91 Å². The van der Waals surface area contributed by atoms with Gasteiger partial charge in [-0.2, -0.15) is 0 Å². The number of carbonyl (C=O) groups is 1. The van der Waals surface area contributed by atoms with Crippen molar-refractivity contribution in [3.8, 4) is 5.75 Å². The number of carbonyl (C=O) groups excluding carboxylic acids is 1. The van der Waals surface area contributed by atoms with Gasteiger partial charge in [0, 0.05) is 21.5 Å². The number of hydrogen-bond donors (Lipinski definition) is 1. The van der Waals surface area contributed by atoms with E-state index >= 15 is 0 Å². The highest BCUT2D eigenvalue weighted by atomic mass is 35.5. The highest BCUT2D eigenvalue weighted by molar-refractivity contribution is 6.30. The Morgan fingerprint density at radius 3 is 2.34 bits per heavy atom. The minimum absolute atomic E-state index is 0.0637. The van der Waals surface area contributed by atoms with Crippen molar-refractivity contribution < 1.29 is 9.53 Å². The summed E-state index contributed by atoms with van der Waals surface area (Å²) in [6.07, 6.45) is 5.00. The van der Waals surface area contributed by atoms with E-state index in [0.717, 1.165) is 53.5 Å². The van der Waals surface area contributed by atoms with Gasteiger partial charge in [-0.15, -0.1) is 0 Å². The van der Waals surface area contributed by atoms with Crippen LogP contribution < -0.4 is 10.1 Å². The molecule has 3 aromatic rings. The van der Waals surface area contributed by atoms with E-state index in [9.17, 15) is 4.79 Å². The normalized spacial score (nSPS) is 15.8. The summed E-state index contributed by atoms with van der Waals surface area (Å²) in [6.45, 7) is 2.58. The summed E-state index contributed by atoms with van der Waals surface area (Å²) in [5.74, 6) is 0.903. The molecule has 1 fully saturated rings. The smallest absolute Gasteiger partial charge is 0.235 e. The lowest BCUT2D eigenvalue weighted by molar-refractivity contribution is -0.122. The van der Waals surface area contributed by atoms with Gasteiger partial charge in [-0.25, -0.2) is 0 Å². The van der Waals surface area contributed by atoms with Crippen molar-refractivity contribution in [2.75, 3.05) is 11.9 Å². The summed E-state index contributed by atoms with van der Waals surface area (Å²) in [5, 5.41) is 5.95. The lowest BCUT2D eigenvalue weighted by Gasteiger charge is -2.36. The molecule has 3 aromatic carbocycles. The predicted molar refractivity (Wildman–Crippen MR) is 120 cm³/mol. The molecule has 1 aliphatic rings. The molecule has 150 valence electrons. The molecule has 0 aliphatic heterocycles. The summed E-state index contributed by atoms with van der Waals surface area (Å²) >= 11 is 6.10. The number of nitrogens with one attached hydrogen (secondary N) is 1. The van der Waals surface area contributed by atoms with Crippen LogP contribution in [0.1, 0.15) is 44.6 Å². The van der Waals surface area contributed by atoms with Crippen LogP contribution in [-0.2, 0) is 10.2 Å². The number of hydrogen-bond acceptors (Lipinski definition) is 2. The SMILES string of the molecule is CCOc1ccc(NC(=O)C2(c3ccc(Cl)cc3)CCCCC2)c2ccccc12. The molecule has 0 aromatic heterocycles. The Hall–Kier alpha value is -2.52. The standard InChI is InChI=1S/C25H26ClNO2/c1-2-29-23-15-14-22(20-8-4-5-9-21(20)23)27-24(28)25(16-6-3-7-17-25)18-10-12-19(26)13-11-18/h4-5,8-15H,2-3,6-7,16-17H2,1H3,(H,27,28). The van der Waals surface area contributed by atoms with Crippen molar-refractivity contribution in [2.45, 2.75) is 44.4 Å². The zero-order valence-electron chi connectivity index (χ0n) is 16.7. The fourth-order valence-electron chi connectivity index (χ4n) is 4.47. The Kier molecular flexibility index (Phi) is 5.77. The second-order valence-electron chi connectivity index (χ2n) is 7.69. The molecule has 0 radical (unpaired) electrons. The van der Waals surface area contributed by atoms with E-state index < -0.39 is 5.41 Å². The molecule has 1 saturated carbocycles. The molecule has 0 saturated heterocycles. The van der Waals surface area contributed by atoms with E-state index in [0.29, 0.717) is 11.6 Å². The molecule has 4 heteroatoms. The monoisotopic (exact) mass is 407 g/mol. The molecule has 0 heterocycles. The molecule has 3 nitrogen and oxygen atoms in total. The minimum atomic E-state index is -0.511. The van der Waals surface area contributed by atoms with Crippen LogP contribution in [0, 0.1) is 0 Å². The number of fused-ring (bicyclic) bond motifs is 1. The first kappa shape index (κ1) is 19.8. The van der Waals surface area contributed by atoms with Gasteiger partial charge in [-0.1, -0.05) is 67.3 Å². The van der Waals surface area contributed by atoms with E-state index in [4.69, 9.17) is 16.3 Å². The second-order valence-corrected chi connectivity index (χ2v) is 8.13. The Morgan fingerprint density at radius 2 is 1.66 bits per heavy atom. The van der Waals surface area contributed by atoms with Crippen molar-refractivity contribution in [3.05, 3.63) is 71.2 Å². The van der Waals surface area contributed by atoms with Crippen LogP contribution in [0.2, 0.25) is 5.02 Å². The summed E-state index contributed by atoms with van der Waals surface area (Å²) < 4.78 is 5.77. The van der Waals surface area contributed by atoms with Crippen LogP contribution in [0.25, 0.3) is 10.8 Å². The maximum absolute atomic E-state index is 13.7. The van der Waals surface area contributed by atoms with E-state index in [1.54, 1.807) is 0 Å². The first-order valence-electron chi connectivity index (χ1n) is 10.4. The molecule has 1 amide bonds. The maximum atomic E-state index is 13.7. The Morgan fingerprint density at radius 1 is 0.966 bits per heavy atom. The van der Waals surface area contributed by atoms with Crippen molar-refractivity contribution in [2.24, 2.45) is 0 Å². The molecule has 1 aliphatic carbocycles. The van der Waals surface area contributed by atoms with Crippen LogP contribution in [0.5, 0.6) is 5.75 Å². The predicted octanol–water partition coefficient (Wildman–Crippen LogP) is 6.73. The average molecular weight is 408 g/mol. The first-order valence-corrected chi connectivity index (χ1v) is 10.7. The first-order chi connectivity index (χ1) is 14.1. The van der Waals surface area contributed by atoms with E-state index in [1.165, 1.54) is 6.42 Å². The van der Waals surface area contributed by atoms with Crippen LogP contribution in [0.15, 0.2) is 60.7 Å². The fourth-order valence-corrected chi connectivity index (χ4v) is 4.60. The average Bonchev–Trinajstić information content (AvgIpc) is 2.76. The number of rotatable bonds is 5. The van der Waals surface area contributed by atoms with Gasteiger partial charge in [0.25, 0.3) is 0 Å². The van der Waals surface area contributed by atoms with Crippen LogP contribution in [0.4, 0.5) is 5.69 Å². The molecule has 0 spiro atoms. The number of amides is 1. The second kappa shape index (κ2) is 8.46. The fraction of sp³-hybridized carbons (Fsp3) is 0.320. The van der Waals surface area contributed by atoms with Gasteiger partial charge in [-0.3, -0.25) is 4.79 Å². The minimum Gasteiger partial charge on any atom is -0.493 e. The summed E-state index contributed by atoms with van der Waals surface area (Å²) in [6, 6.07) is 19.7. The molecule has 0 atom stereocenters. The molecule has 1 N–H and O–H groups in total. The third-order valence-electron chi connectivity index (χ3n) is 5.97. The topological polar surface area (TPSA) is 38.3 Å². The van der Waals surface area contributed by atoms with Gasteiger partial charge in [0.2, 0.25) is 5.91 Å². The van der Waals surface area contributed by atoms with Gasteiger partial charge in [0.05, 0.1) is 12.0 Å².